The van der Waals surface area contributed by atoms with Gasteiger partial charge in [0.05, 0.1) is 22.3 Å². The first-order valence-electron chi connectivity index (χ1n) is 18.7. The minimum Gasteiger partial charge on any atom is -0.508 e. The lowest BCUT2D eigenvalue weighted by molar-refractivity contribution is -0.133. The van der Waals surface area contributed by atoms with Crippen molar-refractivity contribution < 1.29 is 15.0 Å². The quantitative estimate of drug-likeness (QED) is 0.109. The summed E-state index contributed by atoms with van der Waals surface area (Å²) in [5.74, 6) is 1.87. The zero-order valence-corrected chi connectivity index (χ0v) is 31.9. The maximum atomic E-state index is 13.2. The summed E-state index contributed by atoms with van der Waals surface area (Å²) in [6, 6.07) is 17.1. The van der Waals surface area contributed by atoms with Crippen molar-refractivity contribution in [1.82, 2.24) is 34.1 Å². The molecule has 3 N–H and O–H groups in total. The van der Waals surface area contributed by atoms with Gasteiger partial charge in [0, 0.05) is 83.3 Å². The molecule has 3 heterocycles. The lowest BCUT2D eigenvalue weighted by atomic mass is 9.98. The number of phenolic OH excluding ortho intramolecular Hbond substituents is 2. The molecule has 5 aromatic rings. The highest BCUT2D eigenvalue weighted by molar-refractivity contribution is 6.18. The SMILES string of the molecule is CCCCN(CCCl)c1ccc2c(c1)nc(CCCC(=O)N1CCN(Cc3ccc(-n4c(-c5cc(C(C)C)c(O)cc5O)n[nH]c4=O)cc3)CC1)n2C. The summed E-state index contributed by atoms with van der Waals surface area (Å²) in [6.45, 7) is 11.5. The van der Waals surface area contributed by atoms with Crippen LogP contribution in [-0.2, 0) is 24.8 Å². The van der Waals surface area contributed by atoms with Crippen molar-refractivity contribution in [3.8, 4) is 28.6 Å². The number of fused-ring (bicyclic) bond motifs is 1. The molecule has 1 aliphatic rings. The van der Waals surface area contributed by atoms with Gasteiger partial charge in [0.15, 0.2) is 5.82 Å². The number of aryl methyl sites for hydroxylation is 2. The Bertz CT molecular complexity index is 2080. The number of benzene rings is 3. The van der Waals surface area contributed by atoms with Crippen molar-refractivity contribution >= 4 is 34.2 Å². The van der Waals surface area contributed by atoms with Crippen molar-refractivity contribution in [2.75, 3.05) is 50.0 Å². The minimum absolute atomic E-state index is 0.00262. The average molecular weight is 743 g/mol. The zero-order valence-electron chi connectivity index (χ0n) is 31.2. The fourth-order valence-corrected chi connectivity index (χ4v) is 7.36. The zero-order chi connectivity index (χ0) is 37.6. The topological polar surface area (TPSA) is 136 Å². The maximum Gasteiger partial charge on any atom is 0.348 e. The van der Waals surface area contributed by atoms with Gasteiger partial charge in [-0.3, -0.25) is 9.69 Å². The normalized spacial score (nSPS) is 13.7. The van der Waals surface area contributed by atoms with E-state index in [1.807, 2.05) is 50.1 Å². The van der Waals surface area contributed by atoms with Crippen LogP contribution in [0, 0.1) is 0 Å². The monoisotopic (exact) mass is 742 g/mol. The van der Waals surface area contributed by atoms with Crippen LogP contribution in [0.15, 0.2) is 59.4 Å². The van der Waals surface area contributed by atoms with Gasteiger partial charge in [0.2, 0.25) is 5.91 Å². The van der Waals surface area contributed by atoms with E-state index in [0.29, 0.717) is 42.2 Å². The van der Waals surface area contributed by atoms with Crippen molar-refractivity contribution in [2.24, 2.45) is 7.05 Å². The van der Waals surface area contributed by atoms with Crippen molar-refractivity contribution in [3.05, 3.63) is 82.0 Å². The van der Waals surface area contributed by atoms with Gasteiger partial charge < -0.3 is 24.6 Å². The number of unbranched alkanes of at least 4 members (excludes halogenated alkanes) is 1. The summed E-state index contributed by atoms with van der Waals surface area (Å²) in [4.78, 5) is 37.6. The molecular weight excluding hydrogens is 692 g/mol. The molecule has 3 aromatic carbocycles. The average Bonchev–Trinajstić information content (AvgIpc) is 3.68. The fraction of sp³-hybridized carbons (Fsp3) is 0.450. The van der Waals surface area contributed by atoms with Gasteiger partial charge in [0.25, 0.3) is 0 Å². The Morgan fingerprint density at radius 2 is 1.74 bits per heavy atom. The molecule has 1 fully saturated rings. The molecule has 0 spiro atoms. The molecule has 1 amide bonds. The largest absolute Gasteiger partial charge is 0.508 e. The van der Waals surface area contributed by atoms with Crippen LogP contribution in [0.3, 0.4) is 0 Å². The second kappa shape index (κ2) is 16.9. The first kappa shape index (κ1) is 37.9. The van der Waals surface area contributed by atoms with Gasteiger partial charge in [-0.15, -0.1) is 11.6 Å². The molecule has 0 bridgehead atoms. The standard InChI is InChI=1S/C40H51ClN8O4/c1-5-6-17-47(18-16-41)30-14-15-34-33(23-30)42-37(45(34)4)8-7-9-38(52)48-21-19-46(20-22-48)26-28-10-12-29(13-11-28)49-39(43-44-40(49)53)32-24-31(27(2)3)35(50)25-36(32)51/h10-15,23-25,27,50-51H,5-9,16-22,26H2,1-4H3,(H,44,53). The van der Waals surface area contributed by atoms with E-state index in [4.69, 9.17) is 16.6 Å². The van der Waals surface area contributed by atoms with Gasteiger partial charge in [-0.05, 0) is 66.3 Å². The summed E-state index contributed by atoms with van der Waals surface area (Å²) >= 11 is 6.09. The summed E-state index contributed by atoms with van der Waals surface area (Å²) < 4.78 is 3.56. The van der Waals surface area contributed by atoms with Crippen LogP contribution in [0.1, 0.15) is 69.3 Å². The number of hydrogen-bond acceptors (Lipinski definition) is 8. The third-order valence-electron chi connectivity index (χ3n) is 10.3. The molecule has 0 saturated carbocycles. The first-order valence-corrected chi connectivity index (χ1v) is 19.2. The number of piperazine rings is 1. The molecule has 1 saturated heterocycles. The Balaban J connectivity index is 1.01. The van der Waals surface area contributed by atoms with Crippen molar-refractivity contribution in [2.45, 2.75) is 65.3 Å². The maximum absolute atomic E-state index is 13.2. The highest BCUT2D eigenvalue weighted by atomic mass is 35.5. The molecule has 0 atom stereocenters. The van der Waals surface area contributed by atoms with Gasteiger partial charge in [-0.2, -0.15) is 5.10 Å². The number of aromatic amines is 1. The van der Waals surface area contributed by atoms with Crippen LogP contribution < -0.4 is 10.6 Å². The van der Waals surface area contributed by atoms with Gasteiger partial charge in [-0.25, -0.2) is 19.4 Å². The number of carbonyl (C=O) groups excluding carboxylic acids is 1. The van der Waals surface area contributed by atoms with Crippen LogP contribution in [0.5, 0.6) is 11.5 Å². The Morgan fingerprint density at radius 1 is 0.981 bits per heavy atom. The number of halogens is 1. The number of carbonyl (C=O) groups is 1. The highest BCUT2D eigenvalue weighted by Crippen LogP contribution is 2.37. The van der Waals surface area contributed by atoms with Gasteiger partial charge in [-0.1, -0.05) is 39.3 Å². The minimum atomic E-state index is -0.429. The number of aromatic hydroxyl groups is 2. The lowest BCUT2D eigenvalue weighted by Crippen LogP contribution is -2.48. The van der Waals surface area contributed by atoms with E-state index in [2.05, 4.69) is 49.7 Å². The number of phenols is 2. The van der Waals surface area contributed by atoms with E-state index in [9.17, 15) is 19.8 Å². The second-order valence-corrected chi connectivity index (χ2v) is 14.6. The molecule has 6 rings (SSSR count). The summed E-state index contributed by atoms with van der Waals surface area (Å²) in [5.41, 5.74) is 5.49. The Labute approximate surface area is 315 Å². The third kappa shape index (κ3) is 8.55. The smallest absolute Gasteiger partial charge is 0.348 e. The molecule has 0 radical (unpaired) electrons. The van der Waals surface area contributed by atoms with Crippen LogP contribution >= 0.6 is 11.6 Å². The second-order valence-electron chi connectivity index (χ2n) is 14.2. The summed E-state index contributed by atoms with van der Waals surface area (Å²) in [5, 5.41) is 27.6. The molecule has 282 valence electrons. The van der Waals surface area contributed by atoms with Crippen LogP contribution in [-0.4, -0.2) is 95.4 Å². The number of aromatic nitrogens is 5. The number of nitrogens with one attached hydrogen (secondary N) is 1. The van der Waals surface area contributed by atoms with Gasteiger partial charge in [0.1, 0.15) is 17.3 Å². The van der Waals surface area contributed by atoms with E-state index >= 15 is 0 Å². The van der Waals surface area contributed by atoms with E-state index in [1.165, 1.54) is 10.6 Å². The van der Waals surface area contributed by atoms with E-state index in [-0.39, 0.29) is 29.1 Å². The number of anilines is 1. The lowest BCUT2D eigenvalue weighted by Gasteiger charge is -2.35. The number of H-pyrrole nitrogens is 1. The number of amides is 1. The Morgan fingerprint density at radius 3 is 2.43 bits per heavy atom. The fourth-order valence-electron chi connectivity index (χ4n) is 7.15. The molecule has 13 heteroatoms. The Hall–Kier alpha value is -4.81. The van der Waals surface area contributed by atoms with E-state index in [0.717, 1.165) is 86.5 Å². The summed E-state index contributed by atoms with van der Waals surface area (Å²) in [6.07, 6.45) is 4.24. The molecule has 2 aromatic heterocycles. The molecule has 53 heavy (non-hydrogen) atoms. The predicted molar refractivity (Wildman–Crippen MR) is 210 cm³/mol. The Kier molecular flexibility index (Phi) is 12.1. The number of rotatable bonds is 15. The van der Waals surface area contributed by atoms with Crippen LogP contribution in [0.4, 0.5) is 5.69 Å². The predicted octanol–water partition coefficient (Wildman–Crippen LogP) is 6.16. The third-order valence-corrected chi connectivity index (χ3v) is 10.4. The number of alkyl halides is 1. The van der Waals surface area contributed by atoms with E-state index in [1.54, 1.807) is 6.07 Å². The van der Waals surface area contributed by atoms with Gasteiger partial charge >= 0.3 is 5.69 Å². The highest BCUT2D eigenvalue weighted by Gasteiger charge is 2.23. The number of nitrogens with zero attached hydrogens (tertiary/aromatic N) is 7. The molecule has 0 unspecified atom stereocenters. The van der Waals surface area contributed by atoms with Crippen molar-refractivity contribution in [1.29, 1.82) is 0 Å². The number of hydrogen-bond donors (Lipinski definition) is 3. The summed E-state index contributed by atoms with van der Waals surface area (Å²) in [7, 11) is 2.05. The molecule has 12 nitrogen and oxygen atoms in total. The van der Waals surface area contributed by atoms with E-state index < -0.39 is 5.69 Å². The van der Waals surface area contributed by atoms with Crippen LogP contribution in [0.25, 0.3) is 28.1 Å². The molecular formula is C40H51ClN8O4. The molecule has 1 aliphatic heterocycles. The number of imidazole rings is 1. The first-order chi connectivity index (χ1) is 25.6. The van der Waals surface area contributed by atoms with Crippen molar-refractivity contribution in [3.63, 3.8) is 0 Å². The molecule has 0 aliphatic carbocycles. The van der Waals surface area contributed by atoms with Crippen LogP contribution in [0.2, 0.25) is 0 Å².